The Kier molecular flexibility index (Phi) is 3.35. The molecule has 25 heavy (non-hydrogen) atoms. The Bertz CT molecular complexity index is 1150. The van der Waals surface area contributed by atoms with Crippen LogP contribution < -0.4 is 0 Å². The van der Waals surface area contributed by atoms with Crippen molar-refractivity contribution in [3.63, 3.8) is 0 Å². The fourth-order valence-electron chi connectivity index (χ4n) is 3.39. The molecule has 124 valence electrons. The predicted molar refractivity (Wildman–Crippen MR) is 98.1 cm³/mol. The van der Waals surface area contributed by atoms with E-state index in [1.807, 2.05) is 57.2 Å². The number of fused-ring (bicyclic) bond motifs is 2. The van der Waals surface area contributed by atoms with Crippen molar-refractivity contribution in [3.8, 4) is 11.5 Å². The van der Waals surface area contributed by atoms with Gasteiger partial charge in [-0.1, -0.05) is 29.8 Å². The molecule has 4 rings (SSSR count). The minimum Gasteiger partial charge on any atom is -0.478 e. The van der Waals surface area contributed by atoms with E-state index >= 15 is 0 Å². The van der Waals surface area contributed by atoms with Gasteiger partial charge in [-0.25, -0.2) is 9.78 Å². The van der Waals surface area contributed by atoms with Crippen LogP contribution >= 0.6 is 0 Å². The number of aryl methyl sites for hydroxylation is 3. The number of nitrogens with zero attached hydrogens (tertiary/aromatic N) is 1. The number of carboxylic acid groups (broad SMARTS) is 1. The van der Waals surface area contributed by atoms with E-state index in [-0.39, 0.29) is 5.56 Å². The van der Waals surface area contributed by atoms with Gasteiger partial charge in [-0.15, -0.1) is 0 Å². The van der Waals surface area contributed by atoms with Crippen LogP contribution in [0.5, 0.6) is 0 Å². The first-order chi connectivity index (χ1) is 12.0. The molecule has 0 bridgehead atoms. The summed E-state index contributed by atoms with van der Waals surface area (Å²) in [6, 6.07) is 13.4. The molecular formula is C21H17NO3. The molecule has 0 amide bonds. The van der Waals surface area contributed by atoms with Crippen molar-refractivity contribution < 1.29 is 14.3 Å². The summed E-state index contributed by atoms with van der Waals surface area (Å²) in [6.45, 7) is 5.91. The van der Waals surface area contributed by atoms with Gasteiger partial charge in [0.25, 0.3) is 0 Å². The van der Waals surface area contributed by atoms with E-state index in [4.69, 9.17) is 4.42 Å². The van der Waals surface area contributed by atoms with Crippen molar-refractivity contribution >= 4 is 27.8 Å². The zero-order valence-corrected chi connectivity index (χ0v) is 14.3. The molecule has 0 radical (unpaired) electrons. The Balaban J connectivity index is 2.10. The lowest BCUT2D eigenvalue weighted by molar-refractivity contribution is 0.0697. The van der Waals surface area contributed by atoms with Gasteiger partial charge in [0.2, 0.25) is 0 Å². The molecule has 2 aromatic heterocycles. The molecule has 2 aromatic carbocycles. The van der Waals surface area contributed by atoms with Crippen LogP contribution in [0.15, 0.2) is 46.9 Å². The number of furan rings is 1. The standard InChI is InChI=1S/C21H17NO3/c1-11-8-12(2)18-14(9-11)10-16(21(23)24)19(22-18)20-13(3)15-6-4-5-7-17(15)25-20/h4-10H,1-3H3,(H,23,24). The predicted octanol–water partition coefficient (Wildman–Crippen LogP) is 5.27. The van der Waals surface area contributed by atoms with Crippen molar-refractivity contribution in [1.29, 1.82) is 0 Å². The first-order valence-corrected chi connectivity index (χ1v) is 8.09. The molecule has 0 aliphatic heterocycles. The number of rotatable bonds is 2. The minimum atomic E-state index is -1.01. The zero-order chi connectivity index (χ0) is 17.7. The summed E-state index contributed by atoms with van der Waals surface area (Å²) in [5, 5.41) is 11.5. The summed E-state index contributed by atoms with van der Waals surface area (Å²) in [6.07, 6.45) is 0. The Morgan fingerprint density at radius 1 is 1.08 bits per heavy atom. The second kappa shape index (κ2) is 5.45. The third-order valence-electron chi connectivity index (χ3n) is 4.54. The maximum absolute atomic E-state index is 11.9. The lowest BCUT2D eigenvalue weighted by Gasteiger charge is -2.09. The SMILES string of the molecule is Cc1cc(C)c2nc(-c3oc4ccccc4c3C)c(C(=O)O)cc2c1. The average molecular weight is 331 g/mol. The molecule has 0 fully saturated rings. The number of hydrogen-bond acceptors (Lipinski definition) is 3. The molecule has 4 aromatic rings. The normalized spacial score (nSPS) is 11.3. The summed E-state index contributed by atoms with van der Waals surface area (Å²) in [5.41, 5.74) is 5.05. The number of aromatic carboxylic acids is 1. The van der Waals surface area contributed by atoms with Crippen LogP contribution in [0, 0.1) is 20.8 Å². The monoisotopic (exact) mass is 331 g/mol. The van der Waals surface area contributed by atoms with Crippen LogP contribution in [0.3, 0.4) is 0 Å². The van der Waals surface area contributed by atoms with Crippen molar-refractivity contribution in [2.75, 3.05) is 0 Å². The fraction of sp³-hybridized carbons (Fsp3) is 0.143. The van der Waals surface area contributed by atoms with E-state index < -0.39 is 5.97 Å². The van der Waals surface area contributed by atoms with Crippen LogP contribution in [0.2, 0.25) is 0 Å². The largest absolute Gasteiger partial charge is 0.478 e. The molecule has 0 aliphatic carbocycles. The molecular weight excluding hydrogens is 314 g/mol. The van der Waals surface area contributed by atoms with Crippen LogP contribution in [0.1, 0.15) is 27.0 Å². The van der Waals surface area contributed by atoms with E-state index in [1.54, 1.807) is 6.07 Å². The number of aromatic nitrogens is 1. The van der Waals surface area contributed by atoms with Crippen molar-refractivity contribution in [2.45, 2.75) is 20.8 Å². The van der Waals surface area contributed by atoms with Crippen LogP contribution in [0.25, 0.3) is 33.3 Å². The highest BCUT2D eigenvalue weighted by Crippen LogP contribution is 2.35. The molecule has 4 heteroatoms. The highest BCUT2D eigenvalue weighted by molar-refractivity contribution is 6.01. The summed E-state index contributed by atoms with van der Waals surface area (Å²) < 4.78 is 5.96. The number of pyridine rings is 1. The van der Waals surface area contributed by atoms with Gasteiger partial charge < -0.3 is 9.52 Å². The molecule has 0 unspecified atom stereocenters. The van der Waals surface area contributed by atoms with Crippen molar-refractivity contribution in [1.82, 2.24) is 4.98 Å². The summed E-state index contributed by atoms with van der Waals surface area (Å²) >= 11 is 0. The lowest BCUT2D eigenvalue weighted by Crippen LogP contribution is -2.03. The second-order valence-electron chi connectivity index (χ2n) is 6.40. The van der Waals surface area contributed by atoms with Gasteiger partial charge in [-0.05, 0) is 44.5 Å². The number of carbonyl (C=O) groups is 1. The third-order valence-corrected chi connectivity index (χ3v) is 4.54. The van der Waals surface area contributed by atoms with Gasteiger partial charge >= 0.3 is 5.97 Å². The van der Waals surface area contributed by atoms with Crippen molar-refractivity contribution in [3.05, 3.63) is 64.7 Å². The minimum absolute atomic E-state index is 0.152. The summed E-state index contributed by atoms with van der Waals surface area (Å²) in [4.78, 5) is 16.5. The van der Waals surface area contributed by atoms with Gasteiger partial charge in [0.15, 0.2) is 5.76 Å². The van der Waals surface area contributed by atoms with E-state index in [2.05, 4.69) is 4.98 Å². The molecule has 0 atom stereocenters. The van der Waals surface area contributed by atoms with Crippen LogP contribution in [-0.4, -0.2) is 16.1 Å². The Morgan fingerprint density at radius 3 is 2.56 bits per heavy atom. The fourth-order valence-corrected chi connectivity index (χ4v) is 3.39. The topological polar surface area (TPSA) is 63.3 Å². The second-order valence-corrected chi connectivity index (χ2v) is 6.40. The van der Waals surface area contributed by atoms with Gasteiger partial charge in [-0.3, -0.25) is 0 Å². The van der Waals surface area contributed by atoms with E-state index in [0.29, 0.717) is 11.5 Å². The van der Waals surface area contributed by atoms with Crippen LogP contribution in [0.4, 0.5) is 0 Å². The molecule has 4 nitrogen and oxygen atoms in total. The van der Waals surface area contributed by atoms with Gasteiger partial charge in [0.1, 0.15) is 11.3 Å². The maximum atomic E-state index is 11.9. The first kappa shape index (κ1) is 15.4. The number of hydrogen-bond donors (Lipinski definition) is 1. The summed E-state index contributed by atoms with van der Waals surface area (Å²) in [7, 11) is 0. The number of para-hydroxylation sites is 1. The number of carboxylic acids is 1. The molecule has 0 spiro atoms. The van der Waals surface area contributed by atoms with E-state index in [1.165, 1.54) is 0 Å². The molecule has 0 saturated carbocycles. The molecule has 0 aliphatic rings. The van der Waals surface area contributed by atoms with E-state index in [9.17, 15) is 9.90 Å². The molecule has 0 saturated heterocycles. The third kappa shape index (κ3) is 2.38. The van der Waals surface area contributed by atoms with Crippen LogP contribution in [-0.2, 0) is 0 Å². The van der Waals surface area contributed by atoms with Gasteiger partial charge in [-0.2, -0.15) is 0 Å². The average Bonchev–Trinajstić information content (AvgIpc) is 2.91. The smallest absolute Gasteiger partial charge is 0.338 e. The molecule has 1 N–H and O–H groups in total. The zero-order valence-electron chi connectivity index (χ0n) is 14.3. The summed E-state index contributed by atoms with van der Waals surface area (Å²) in [5.74, 6) is -0.496. The Labute approximate surface area is 144 Å². The Morgan fingerprint density at radius 2 is 1.84 bits per heavy atom. The lowest BCUT2D eigenvalue weighted by atomic mass is 10.0. The highest BCUT2D eigenvalue weighted by atomic mass is 16.4. The number of benzene rings is 2. The first-order valence-electron chi connectivity index (χ1n) is 8.09. The van der Waals surface area contributed by atoms with Gasteiger partial charge in [0, 0.05) is 16.3 Å². The molecule has 2 heterocycles. The highest BCUT2D eigenvalue weighted by Gasteiger charge is 2.21. The maximum Gasteiger partial charge on any atom is 0.338 e. The Hall–Kier alpha value is -3.14. The van der Waals surface area contributed by atoms with Gasteiger partial charge in [0.05, 0.1) is 11.1 Å². The van der Waals surface area contributed by atoms with E-state index in [0.717, 1.165) is 38.6 Å². The van der Waals surface area contributed by atoms with Crippen molar-refractivity contribution in [2.24, 2.45) is 0 Å². The quantitative estimate of drug-likeness (QED) is 0.543.